The summed E-state index contributed by atoms with van der Waals surface area (Å²) in [7, 11) is 0. The lowest BCUT2D eigenvalue weighted by atomic mass is 9.85. The second kappa shape index (κ2) is 7.02. The van der Waals surface area contributed by atoms with Crippen molar-refractivity contribution in [3.63, 3.8) is 0 Å². The summed E-state index contributed by atoms with van der Waals surface area (Å²) in [5, 5.41) is 9.36. The number of nitrogens with one attached hydrogen (secondary N) is 3. The molecule has 7 nitrogen and oxygen atoms in total. The summed E-state index contributed by atoms with van der Waals surface area (Å²) < 4.78 is 5.78. The molecule has 0 bridgehead atoms. The first-order chi connectivity index (χ1) is 14.1. The van der Waals surface area contributed by atoms with Gasteiger partial charge in [0, 0.05) is 17.1 Å². The van der Waals surface area contributed by atoms with Gasteiger partial charge in [-0.05, 0) is 36.6 Å². The monoisotopic (exact) mass is 427 g/mol. The minimum atomic E-state index is -0.636. The molecule has 1 aliphatic rings. The van der Waals surface area contributed by atoms with E-state index in [9.17, 15) is 14.4 Å². The number of benzene rings is 1. The van der Waals surface area contributed by atoms with Crippen LogP contribution in [0.1, 0.15) is 54.3 Å². The number of amides is 1. The molecule has 2 heterocycles. The number of anilines is 3. The van der Waals surface area contributed by atoms with Crippen LogP contribution in [0.15, 0.2) is 38.3 Å². The average molecular weight is 428 g/mol. The first-order valence-electron chi connectivity index (χ1n) is 9.60. The molecule has 156 valence electrons. The van der Waals surface area contributed by atoms with E-state index in [1.807, 2.05) is 39.8 Å². The molecule has 1 amide bonds. The molecule has 1 aliphatic heterocycles. The van der Waals surface area contributed by atoms with Gasteiger partial charge in [-0.3, -0.25) is 14.4 Å². The Balaban J connectivity index is 1.70. The van der Waals surface area contributed by atoms with Gasteiger partial charge >= 0.3 is 0 Å². The maximum absolute atomic E-state index is 12.4. The molecule has 30 heavy (non-hydrogen) atoms. The molecule has 0 spiro atoms. The van der Waals surface area contributed by atoms with Crippen LogP contribution in [-0.4, -0.2) is 5.91 Å². The molecule has 2 aromatic carbocycles. The minimum absolute atomic E-state index is 0.127. The molecule has 1 atom stereocenters. The predicted molar refractivity (Wildman–Crippen MR) is 117 cm³/mol. The third-order valence-corrected chi connectivity index (χ3v) is 5.63. The van der Waals surface area contributed by atoms with Gasteiger partial charge in [0.25, 0.3) is 16.8 Å². The Morgan fingerprint density at radius 3 is 2.40 bits per heavy atom. The average Bonchev–Trinajstić information content (AvgIpc) is 3.28. The second-order valence-corrected chi connectivity index (χ2v) is 8.96. The normalized spacial score (nSPS) is 14.5. The molecular formula is C22H22ClN3O4. The van der Waals surface area contributed by atoms with Gasteiger partial charge in [-0.25, -0.2) is 0 Å². The Bertz CT molecular complexity index is 1230. The summed E-state index contributed by atoms with van der Waals surface area (Å²) in [6, 6.07) is 6.66. The molecule has 0 radical (unpaired) electrons. The van der Waals surface area contributed by atoms with E-state index >= 15 is 0 Å². The lowest BCUT2D eigenvalue weighted by Crippen LogP contribution is -2.39. The summed E-state index contributed by atoms with van der Waals surface area (Å²) in [4.78, 5) is 37.0. The fourth-order valence-electron chi connectivity index (χ4n) is 3.67. The lowest BCUT2D eigenvalue weighted by Gasteiger charge is -2.31. The maximum Gasteiger partial charge on any atom is 0.254 e. The van der Waals surface area contributed by atoms with Crippen molar-refractivity contribution in [3.05, 3.63) is 72.4 Å². The van der Waals surface area contributed by atoms with Crippen LogP contribution in [0.4, 0.5) is 17.1 Å². The van der Waals surface area contributed by atoms with Gasteiger partial charge in [-0.1, -0.05) is 32.4 Å². The summed E-state index contributed by atoms with van der Waals surface area (Å²) in [6.45, 7) is 8.20. The van der Waals surface area contributed by atoms with Crippen LogP contribution in [0.25, 0.3) is 0 Å². The highest BCUT2D eigenvalue weighted by molar-refractivity contribution is 6.32. The summed E-state index contributed by atoms with van der Waals surface area (Å²) in [6.07, 6.45) is 0. The van der Waals surface area contributed by atoms with Gasteiger partial charge in [0.1, 0.15) is 22.9 Å². The standard InChI is InChI=1S/C22H22ClN3O4/c1-10-5-8-14(30-10)20(22(2,3)4)26-17-16(18(27)19(17)28)25-13-7-6-12(23)11-9-24-21(29)15(11)13/h5-8,20,25-26H,9H2,1-4H3,(H,24,29). The fraction of sp³-hybridized carbons (Fsp3) is 0.318. The highest BCUT2D eigenvalue weighted by atomic mass is 35.5. The van der Waals surface area contributed by atoms with Crippen LogP contribution in [0.3, 0.4) is 0 Å². The number of fused-ring (bicyclic) bond motifs is 1. The molecule has 1 aromatic heterocycles. The van der Waals surface area contributed by atoms with E-state index in [4.69, 9.17) is 16.0 Å². The van der Waals surface area contributed by atoms with Crippen LogP contribution in [0.2, 0.25) is 5.02 Å². The Labute approximate surface area is 178 Å². The van der Waals surface area contributed by atoms with Crippen molar-refractivity contribution < 1.29 is 9.21 Å². The van der Waals surface area contributed by atoms with Crippen molar-refractivity contribution in [2.45, 2.75) is 40.3 Å². The fourth-order valence-corrected chi connectivity index (χ4v) is 3.89. The van der Waals surface area contributed by atoms with Crippen molar-refractivity contribution in [2.75, 3.05) is 10.6 Å². The van der Waals surface area contributed by atoms with Crippen LogP contribution >= 0.6 is 11.6 Å². The molecule has 0 fully saturated rings. The highest BCUT2D eigenvalue weighted by Gasteiger charge is 2.33. The number of carbonyl (C=O) groups excluding carboxylic acids is 1. The van der Waals surface area contributed by atoms with Crippen molar-refractivity contribution in [1.82, 2.24) is 5.32 Å². The number of hydrogen-bond acceptors (Lipinski definition) is 6. The molecule has 3 aromatic rings. The van der Waals surface area contributed by atoms with Crippen LogP contribution < -0.4 is 26.8 Å². The van der Waals surface area contributed by atoms with Gasteiger partial charge in [0.15, 0.2) is 0 Å². The van der Waals surface area contributed by atoms with E-state index in [2.05, 4.69) is 16.0 Å². The third-order valence-electron chi connectivity index (χ3n) is 5.28. The zero-order valence-electron chi connectivity index (χ0n) is 17.1. The van der Waals surface area contributed by atoms with Gasteiger partial charge in [-0.2, -0.15) is 0 Å². The molecule has 0 saturated heterocycles. The second-order valence-electron chi connectivity index (χ2n) is 8.56. The Kier molecular flexibility index (Phi) is 4.73. The molecule has 1 unspecified atom stereocenters. The van der Waals surface area contributed by atoms with Gasteiger partial charge in [0.2, 0.25) is 0 Å². The van der Waals surface area contributed by atoms with E-state index in [-0.39, 0.29) is 28.7 Å². The molecular weight excluding hydrogens is 406 g/mol. The van der Waals surface area contributed by atoms with Crippen molar-refractivity contribution in [2.24, 2.45) is 5.41 Å². The number of halogens is 1. The van der Waals surface area contributed by atoms with E-state index < -0.39 is 10.9 Å². The SMILES string of the molecule is Cc1ccc(C(Nc2c(Nc3ccc(Cl)c4c3C(=O)NC4)c(=O)c2=O)C(C)(C)C)o1. The van der Waals surface area contributed by atoms with Gasteiger partial charge in [-0.15, -0.1) is 0 Å². The topological polar surface area (TPSA) is 100 Å². The van der Waals surface area contributed by atoms with E-state index in [0.717, 1.165) is 5.76 Å². The first-order valence-corrected chi connectivity index (χ1v) is 9.98. The minimum Gasteiger partial charge on any atom is -0.464 e. The van der Waals surface area contributed by atoms with Crippen molar-refractivity contribution in [1.29, 1.82) is 0 Å². The van der Waals surface area contributed by atoms with Crippen molar-refractivity contribution >= 4 is 34.6 Å². The van der Waals surface area contributed by atoms with Crippen molar-refractivity contribution in [3.8, 4) is 0 Å². The van der Waals surface area contributed by atoms with E-state index in [0.29, 0.717) is 34.1 Å². The summed E-state index contributed by atoms with van der Waals surface area (Å²) >= 11 is 6.18. The molecule has 3 N–H and O–H groups in total. The Morgan fingerprint density at radius 2 is 1.77 bits per heavy atom. The van der Waals surface area contributed by atoms with E-state index in [1.165, 1.54) is 0 Å². The highest BCUT2D eigenvalue weighted by Crippen LogP contribution is 2.38. The first kappa shape index (κ1) is 20.2. The van der Waals surface area contributed by atoms with Gasteiger partial charge < -0.3 is 20.4 Å². The third kappa shape index (κ3) is 3.29. The smallest absolute Gasteiger partial charge is 0.254 e. The molecule has 0 saturated carbocycles. The Morgan fingerprint density at radius 1 is 1.07 bits per heavy atom. The quantitative estimate of drug-likeness (QED) is 0.531. The predicted octanol–water partition coefficient (Wildman–Crippen LogP) is 4.02. The van der Waals surface area contributed by atoms with E-state index in [1.54, 1.807) is 12.1 Å². The number of rotatable bonds is 5. The lowest BCUT2D eigenvalue weighted by molar-refractivity contribution is 0.0966. The number of furan rings is 1. The Hall–Kier alpha value is -3.06. The van der Waals surface area contributed by atoms with Crippen LogP contribution in [0, 0.1) is 12.3 Å². The zero-order valence-corrected chi connectivity index (χ0v) is 17.9. The maximum atomic E-state index is 12.4. The zero-order chi connectivity index (χ0) is 21.8. The number of aryl methyl sites for hydroxylation is 1. The molecule has 8 heteroatoms. The van der Waals surface area contributed by atoms with Crippen LogP contribution in [-0.2, 0) is 6.54 Å². The number of carbonyl (C=O) groups is 1. The molecule has 4 rings (SSSR count). The van der Waals surface area contributed by atoms with Crippen LogP contribution in [0.5, 0.6) is 0 Å². The number of hydrogen-bond donors (Lipinski definition) is 3. The largest absolute Gasteiger partial charge is 0.464 e. The molecule has 0 aliphatic carbocycles. The summed E-state index contributed by atoms with van der Waals surface area (Å²) in [5.41, 5.74) is 0.239. The summed E-state index contributed by atoms with van der Waals surface area (Å²) in [5.74, 6) is 1.15. The van der Waals surface area contributed by atoms with Gasteiger partial charge in [0.05, 0.1) is 17.3 Å².